The monoisotopic (exact) mass is 296 g/mol. The second-order valence-corrected chi connectivity index (χ2v) is 7.35. The molecule has 5 nitrogen and oxygen atoms in total. The number of urea groups is 1. The molecule has 3 N–H and O–H groups in total. The molecule has 2 rings (SSSR count). The van der Waals surface area contributed by atoms with Crippen molar-refractivity contribution in [2.75, 3.05) is 6.54 Å². The fourth-order valence-electron chi connectivity index (χ4n) is 3.90. The van der Waals surface area contributed by atoms with Gasteiger partial charge in [-0.2, -0.15) is 0 Å². The lowest BCUT2D eigenvalue weighted by molar-refractivity contribution is -0.148. The number of nitrogens with one attached hydrogen (secondary N) is 2. The van der Waals surface area contributed by atoms with Crippen LogP contribution in [0.5, 0.6) is 0 Å². The van der Waals surface area contributed by atoms with Crippen molar-refractivity contribution in [1.29, 1.82) is 0 Å². The molecule has 0 aliphatic heterocycles. The molecule has 0 radical (unpaired) electrons. The van der Waals surface area contributed by atoms with Gasteiger partial charge in [-0.25, -0.2) is 9.59 Å². The smallest absolute Gasteiger partial charge is 0.329 e. The molecule has 0 heterocycles. The zero-order valence-corrected chi connectivity index (χ0v) is 13.2. The van der Waals surface area contributed by atoms with E-state index in [2.05, 4.69) is 24.5 Å². The Bertz CT molecular complexity index is 396. The van der Waals surface area contributed by atoms with Crippen molar-refractivity contribution in [3.8, 4) is 0 Å². The van der Waals surface area contributed by atoms with Crippen molar-refractivity contribution in [3.63, 3.8) is 0 Å². The highest BCUT2D eigenvalue weighted by molar-refractivity contribution is 5.87. The van der Waals surface area contributed by atoms with Crippen LogP contribution in [0, 0.1) is 11.3 Å². The average molecular weight is 296 g/mol. The number of hydrogen-bond donors (Lipinski definition) is 3. The third-order valence-electron chi connectivity index (χ3n) is 5.10. The van der Waals surface area contributed by atoms with Crippen LogP contribution < -0.4 is 10.6 Å². The van der Waals surface area contributed by atoms with E-state index in [9.17, 15) is 14.7 Å². The van der Waals surface area contributed by atoms with Crippen LogP contribution >= 0.6 is 0 Å². The molecule has 2 saturated carbocycles. The van der Waals surface area contributed by atoms with E-state index in [4.69, 9.17) is 0 Å². The minimum Gasteiger partial charge on any atom is -0.480 e. The van der Waals surface area contributed by atoms with Crippen LogP contribution in [0.1, 0.15) is 65.2 Å². The Kier molecular flexibility index (Phi) is 4.79. The number of amides is 2. The van der Waals surface area contributed by atoms with E-state index in [0.29, 0.717) is 25.3 Å². The third-order valence-corrected chi connectivity index (χ3v) is 5.10. The fourth-order valence-corrected chi connectivity index (χ4v) is 3.90. The minimum atomic E-state index is -1.02. The van der Waals surface area contributed by atoms with Crippen molar-refractivity contribution in [2.24, 2.45) is 11.3 Å². The maximum Gasteiger partial charge on any atom is 0.329 e. The Morgan fingerprint density at radius 1 is 1.10 bits per heavy atom. The van der Waals surface area contributed by atoms with Gasteiger partial charge in [0.15, 0.2) is 0 Å². The largest absolute Gasteiger partial charge is 0.480 e. The highest BCUT2D eigenvalue weighted by Gasteiger charge is 2.46. The van der Waals surface area contributed by atoms with Gasteiger partial charge in [0, 0.05) is 6.54 Å². The van der Waals surface area contributed by atoms with E-state index in [-0.39, 0.29) is 11.4 Å². The molecule has 0 unspecified atom stereocenters. The molecule has 2 aliphatic carbocycles. The molecule has 0 aromatic rings. The molecule has 0 aromatic carbocycles. The van der Waals surface area contributed by atoms with E-state index in [1.165, 1.54) is 12.8 Å². The summed E-state index contributed by atoms with van der Waals surface area (Å²) in [5.41, 5.74) is -0.813. The molecule has 21 heavy (non-hydrogen) atoms. The van der Waals surface area contributed by atoms with Crippen LogP contribution in [0.25, 0.3) is 0 Å². The normalized spacial score (nSPS) is 22.6. The van der Waals surface area contributed by atoms with Gasteiger partial charge in [0.2, 0.25) is 0 Å². The number of aliphatic carboxylic acids is 1. The Labute approximate surface area is 126 Å². The summed E-state index contributed by atoms with van der Waals surface area (Å²) in [6.07, 6.45) is 7.84. The molecule has 0 atom stereocenters. The number of carbonyl (C=O) groups is 2. The first-order valence-corrected chi connectivity index (χ1v) is 8.17. The average Bonchev–Trinajstić information content (AvgIpc) is 2.79. The zero-order chi connectivity index (χ0) is 15.5. The van der Waals surface area contributed by atoms with Gasteiger partial charge in [0.1, 0.15) is 5.54 Å². The standard InChI is InChI=1S/C16H28N2O3/c1-12(2)10-15(6-3-4-7-15)11-17-14(21)18-16(13(19)20)8-5-9-16/h12H,3-11H2,1-2H3,(H,19,20)(H2,17,18,21). The first-order chi connectivity index (χ1) is 9.88. The quantitative estimate of drug-likeness (QED) is 0.705. The molecule has 0 bridgehead atoms. The SMILES string of the molecule is CC(C)CC1(CNC(=O)NC2(C(=O)O)CCC2)CCCC1. The van der Waals surface area contributed by atoms with Crippen molar-refractivity contribution < 1.29 is 14.7 Å². The van der Waals surface area contributed by atoms with Crippen LogP contribution in [-0.4, -0.2) is 29.2 Å². The molecule has 2 amide bonds. The minimum absolute atomic E-state index is 0.210. The van der Waals surface area contributed by atoms with Gasteiger partial charge in [0.05, 0.1) is 0 Å². The molecular weight excluding hydrogens is 268 g/mol. The van der Waals surface area contributed by atoms with Gasteiger partial charge in [-0.3, -0.25) is 0 Å². The van der Waals surface area contributed by atoms with Gasteiger partial charge >= 0.3 is 12.0 Å². The molecule has 5 heteroatoms. The Morgan fingerprint density at radius 3 is 2.14 bits per heavy atom. The van der Waals surface area contributed by atoms with Crippen LogP contribution in [-0.2, 0) is 4.79 Å². The zero-order valence-electron chi connectivity index (χ0n) is 13.2. The summed E-state index contributed by atoms with van der Waals surface area (Å²) in [4.78, 5) is 23.3. The van der Waals surface area contributed by atoms with Gasteiger partial charge < -0.3 is 15.7 Å². The maximum absolute atomic E-state index is 12.1. The molecule has 0 spiro atoms. The predicted octanol–water partition coefficient (Wildman–Crippen LogP) is 2.90. The number of carboxylic acids is 1. The highest BCUT2D eigenvalue weighted by atomic mass is 16.4. The van der Waals surface area contributed by atoms with Crippen molar-refractivity contribution in [2.45, 2.75) is 70.8 Å². The fraction of sp³-hybridized carbons (Fsp3) is 0.875. The first kappa shape index (κ1) is 16.1. The summed E-state index contributed by atoms with van der Waals surface area (Å²) in [5.74, 6) is -0.299. The molecule has 0 aromatic heterocycles. The van der Waals surface area contributed by atoms with Gasteiger partial charge in [-0.15, -0.1) is 0 Å². The van der Waals surface area contributed by atoms with Gasteiger partial charge in [0.25, 0.3) is 0 Å². The Hall–Kier alpha value is -1.26. The molecular formula is C16H28N2O3. The van der Waals surface area contributed by atoms with Crippen molar-refractivity contribution in [1.82, 2.24) is 10.6 Å². The summed E-state index contributed by atoms with van der Waals surface area (Å²) in [7, 11) is 0. The van der Waals surface area contributed by atoms with Crippen LogP contribution in [0.15, 0.2) is 0 Å². The molecule has 2 aliphatic rings. The van der Waals surface area contributed by atoms with Crippen LogP contribution in [0.2, 0.25) is 0 Å². The Morgan fingerprint density at radius 2 is 1.71 bits per heavy atom. The van der Waals surface area contributed by atoms with Crippen LogP contribution in [0.4, 0.5) is 4.79 Å². The lowest BCUT2D eigenvalue weighted by Gasteiger charge is -2.38. The third kappa shape index (κ3) is 3.69. The van der Waals surface area contributed by atoms with E-state index < -0.39 is 11.5 Å². The highest BCUT2D eigenvalue weighted by Crippen LogP contribution is 2.42. The molecule has 2 fully saturated rings. The lowest BCUT2D eigenvalue weighted by atomic mass is 9.77. The van der Waals surface area contributed by atoms with Crippen LogP contribution in [0.3, 0.4) is 0 Å². The summed E-state index contributed by atoms with van der Waals surface area (Å²) in [6.45, 7) is 5.09. The summed E-state index contributed by atoms with van der Waals surface area (Å²) in [6, 6.07) is -0.327. The second kappa shape index (κ2) is 6.24. The summed E-state index contributed by atoms with van der Waals surface area (Å²) < 4.78 is 0. The number of hydrogen-bond acceptors (Lipinski definition) is 2. The first-order valence-electron chi connectivity index (χ1n) is 8.17. The number of rotatable bonds is 6. The second-order valence-electron chi connectivity index (χ2n) is 7.35. The maximum atomic E-state index is 12.1. The van der Waals surface area contributed by atoms with E-state index in [1.54, 1.807) is 0 Å². The lowest BCUT2D eigenvalue weighted by Crippen LogP contribution is -2.61. The number of carbonyl (C=O) groups excluding carboxylic acids is 1. The number of carboxylic acid groups (broad SMARTS) is 1. The van der Waals surface area contributed by atoms with E-state index in [0.717, 1.165) is 25.7 Å². The topological polar surface area (TPSA) is 78.4 Å². The van der Waals surface area contributed by atoms with E-state index >= 15 is 0 Å². The van der Waals surface area contributed by atoms with Gasteiger partial charge in [-0.05, 0) is 49.9 Å². The molecule has 0 saturated heterocycles. The van der Waals surface area contributed by atoms with Gasteiger partial charge in [-0.1, -0.05) is 26.7 Å². The summed E-state index contributed by atoms with van der Waals surface area (Å²) >= 11 is 0. The Balaban J connectivity index is 1.86. The van der Waals surface area contributed by atoms with E-state index in [1.807, 2.05) is 0 Å². The van der Waals surface area contributed by atoms with Crippen molar-refractivity contribution >= 4 is 12.0 Å². The van der Waals surface area contributed by atoms with Crippen molar-refractivity contribution in [3.05, 3.63) is 0 Å². The molecule has 120 valence electrons. The summed E-state index contributed by atoms with van der Waals surface area (Å²) in [5, 5.41) is 14.8. The predicted molar refractivity (Wildman–Crippen MR) is 81.1 cm³/mol.